The summed E-state index contributed by atoms with van der Waals surface area (Å²) >= 11 is 0. The molecule has 1 aliphatic heterocycles. The highest BCUT2D eigenvalue weighted by Crippen LogP contribution is 2.28. The highest BCUT2D eigenvalue weighted by Gasteiger charge is 2.38. The fraction of sp³-hybridized carbons (Fsp3) is 0.600. The normalized spacial score (nSPS) is 21.3. The zero-order valence-electron chi connectivity index (χ0n) is 16.2. The molecule has 3 atom stereocenters. The van der Waals surface area contributed by atoms with Crippen molar-refractivity contribution in [3.63, 3.8) is 0 Å². The molecular formula is C20H32ClN3O2. The molecular weight excluding hydrogens is 350 g/mol. The molecule has 6 heteroatoms. The maximum atomic E-state index is 13.1. The molecule has 5 nitrogen and oxygen atoms in total. The molecule has 1 heterocycles. The lowest BCUT2D eigenvalue weighted by Gasteiger charge is -2.44. The van der Waals surface area contributed by atoms with Crippen LogP contribution in [0.3, 0.4) is 0 Å². The maximum absolute atomic E-state index is 13.1. The van der Waals surface area contributed by atoms with Crippen LogP contribution in [0, 0.1) is 11.3 Å². The Balaban J connectivity index is 0.00000338. The predicted octanol–water partition coefficient (Wildman–Crippen LogP) is 2.84. The SMILES string of the molecule is CCC(C)C(NC(=O)c1ccccc1)C(=O)N1CCC(N)C(C)(C)C1.Cl. The number of halogens is 1. The van der Waals surface area contributed by atoms with Crippen LogP contribution in [0.4, 0.5) is 0 Å². The third-order valence-corrected chi connectivity index (χ3v) is 5.43. The zero-order chi connectivity index (χ0) is 18.6. The number of amides is 2. The van der Waals surface area contributed by atoms with Gasteiger partial charge in [-0.15, -0.1) is 12.4 Å². The molecule has 0 radical (unpaired) electrons. The Bertz CT molecular complexity index is 606. The maximum Gasteiger partial charge on any atom is 0.251 e. The van der Waals surface area contributed by atoms with Gasteiger partial charge in [0.15, 0.2) is 0 Å². The van der Waals surface area contributed by atoms with Gasteiger partial charge in [-0.1, -0.05) is 52.3 Å². The topological polar surface area (TPSA) is 75.4 Å². The van der Waals surface area contributed by atoms with E-state index in [0.29, 0.717) is 18.7 Å². The number of likely N-dealkylation sites (tertiary alicyclic amines) is 1. The lowest BCUT2D eigenvalue weighted by atomic mass is 9.79. The molecule has 1 aromatic rings. The van der Waals surface area contributed by atoms with E-state index in [1.807, 2.05) is 36.9 Å². The molecule has 0 aliphatic carbocycles. The Morgan fingerprint density at radius 3 is 2.46 bits per heavy atom. The Morgan fingerprint density at radius 1 is 1.31 bits per heavy atom. The zero-order valence-corrected chi connectivity index (χ0v) is 17.0. The lowest BCUT2D eigenvalue weighted by Crippen LogP contribution is -2.59. The highest BCUT2D eigenvalue weighted by molar-refractivity contribution is 5.97. The molecule has 1 fully saturated rings. The number of hydrogen-bond acceptors (Lipinski definition) is 3. The van der Waals surface area contributed by atoms with E-state index in [0.717, 1.165) is 12.8 Å². The summed E-state index contributed by atoms with van der Waals surface area (Å²) in [6, 6.07) is 8.62. The molecule has 26 heavy (non-hydrogen) atoms. The van der Waals surface area contributed by atoms with Gasteiger partial charge in [-0.25, -0.2) is 0 Å². The minimum absolute atomic E-state index is 0. The van der Waals surface area contributed by atoms with E-state index in [4.69, 9.17) is 5.73 Å². The Labute approximate surface area is 163 Å². The van der Waals surface area contributed by atoms with Crippen LogP contribution < -0.4 is 11.1 Å². The summed E-state index contributed by atoms with van der Waals surface area (Å²) in [5.74, 6) is -0.135. The van der Waals surface area contributed by atoms with Gasteiger partial charge in [0.05, 0.1) is 0 Å². The summed E-state index contributed by atoms with van der Waals surface area (Å²) in [5, 5.41) is 2.96. The number of nitrogens with one attached hydrogen (secondary N) is 1. The van der Waals surface area contributed by atoms with Crippen molar-refractivity contribution in [2.45, 2.75) is 52.6 Å². The summed E-state index contributed by atoms with van der Waals surface area (Å²) in [4.78, 5) is 27.5. The second-order valence-electron chi connectivity index (χ2n) is 7.85. The average Bonchev–Trinajstić information content (AvgIpc) is 2.61. The van der Waals surface area contributed by atoms with Gasteiger partial charge in [-0.05, 0) is 29.9 Å². The van der Waals surface area contributed by atoms with Crippen LogP contribution in [-0.2, 0) is 4.79 Å². The highest BCUT2D eigenvalue weighted by atomic mass is 35.5. The molecule has 1 aromatic carbocycles. The molecule has 2 rings (SSSR count). The number of piperidine rings is 1. The number of benzene rings is 1. The van der Waals surface area contributed by atoms with Gasteiger partial charge in [0.25, 0.3) is 5.91 Å². The van der Waals surface area contributed by atoms with Crippen LogP contribution in [0.15, 0.2) is 30.3 Å². The smallest absolute Gasteiger partial charge is 0.251 e. The van der Waals surface area contributed by atoms with E-state index in [1.54, 1.807) is 12.1 Å². The van der Waals surface area contributed by atoms with E-state index in [1.165, 1.54) is 0 Å². The van der Waals surface area contributed by atoms with E-state index >= 15 is 0 Å². The molecule has 1 aliphatic rings. The molecule has 0 saturated carbocycles. The van der Waals surface area contributed by atoms with Gasteiger partial charge in [0, 0.05) is 24.7 Å². The molecule has 0 spiro atoms. The lowest BCUT2D eigenvalue weighted by molar-refractivity contribution is -0.138. The van der Waals surface area contributed by atoms with Crippen molar-refractivity contribution in [1.82, 2.24) is 10.2 Å². The second-order valence-corrected chi connectivity index (χ2v) is 7.85. The first kappa shape index (κ1) is 22.5. The summed E-state index contributed by atoms with van der Waals surface area (Å²) in [6.45, 7) is 9.51. The van der Waals surface area contributed by atoms with Gasteiger partial charge < -0.3 is 16.0 Å². The van der Waals surface area contributed by atoms with Gasteiger partial charge >= 0.3 is 0 Å². The second kappa shape index (κ2) is 9.38. The first-order valence-corrected chi connectivity index (χ1v) is 9.16. The monoisotopic (exact) mass is 381 g/mol. The van der Waals surface area contributed by atoms with Crippen LogP contribution >= 0.6 is 12.4 Å². The molecule has 0 aromatic heterocycles. The van der Waals surface area contributed by atoms with Gasteiger partial charge in [-0.3, -0.25) is 9.59 Å². The molecule has 146 valence electrons. The third-order valence-electron chi connectivity index (χ3n) is 5.43. The Hall–Kier alpha value is -1.59. The van der Waals surface area contributed by atoms with Crippen LogP contribution in [0.5, 0.6) is 0 Å². The van der Waals surface area contributed by atoms with Crippen molar-refractivity contribution in [1.29, 1.82) is 0 Å². The number of nitrogens with two attached hydrogens (primary N) is 1. The number of carbonyl (C=O) groups excluding carboxylic acids is 2. The summed E-state index contributed by atoms with van der Waals surface area (Å²) in [5.41, 5.74) is 6.65. The molecule has 3 N–H and O–H groups in total. The quantitative estimate of drug-likeness (QED) is 0.823. The Kier molecular flexibility index (Phi) is 8.10. The molecule has 0 bridgehead atoms. The number of hydrogen-bond donors (Lipinski definition) is 2. The van der Waals surface area contributed by atoms with E-state index < -0.39 is 6.04 Å². The molecule has 3 unspecified atom stereocenters. The van der Waals surface area contributed by atoms with Crippen molar-refractivity contribution < 1.29 is 9.59 Å². The largest absolute Gasteiger partial charge is 0.340 e. The van der Waals surface area contributed by atoms with Crippen molar-refractivity contribution >= 4 is 24.2 Å². The van der Waals surface area contributed by atoms with E-state index in [9.17, 15) is 9.59 Å². The van der Waals surface area contributed by atoms with Gasteiger partial charge in [0.1, 0.15) is 6.04 Å². The van der Waals surface area contributed by atoms with Crippen LogP contribution in [0.2, 0.25) is 0 Å². The number of carbonyl (C=O) groups is 2. The van der Waals surface area contributed by atoms with Crippen molar-refractivity contribution in [3.05, 3.63) is 35.9 Å². The van der Waals surface area contributed by atoms with Crippen molar-refractivity contribution in [2.24, 2.45) is 17.1 Å². The standard InChI is InChI=1S/C20H31N3O2.ClH/c1-5-14(2)17(22-18(24)15-9-7-6-8-10-15)19(25)23-12-11-16(21)20(3,4)13-23;/h6-10,14,16-17H,5,11-13,21H2,1-4H3,(H,22,24);1H. The number of rotatable bonds is 5. The van der Waals surface area contributed by atoms with Crippen LogP contribution in [0.1, 0.15) is 50.9 Å². The first-order valence-electron chi connectivity index (χ1n) is 9.16. The molecule has 1 saturated heterocycles. The van der Waals surface area contributed by atoms with Gasteiger partial charge in [-0.2, -0.15) is 0 Å². The van der Waals surface area contributed by atoms with Crippen LogP contribution in [-0.4, -0.2) is 41.9 Å². The van der Waals surface area contributed by atoms with Crippen molar-refractivity contribution in [3.8, 4) is 0 Å². The Morgan fingerprint density at radius 2 is 1.92 bits per heavy atom. The van der Waals surface area contributed by atoms with Crippen molar-refractivity contribution in [2.75, 3.05) is 13.1 Å². The van der Waals surface area contributed by atoms with E-state index in [2.05, 4.69) is 19.2 Å². The minimum atomic E-state index is -0.511. The summed E-state index contributed by atoms with van der Waals surface area (Å²) < 4.78 is 0. The van der Waals surface area contributed by atoms with Gasteiger partial charge in [0.2, 0.25) is 5.91 Å². The minimum Gasteiger partial charge on any atom is -0.340 e. The molecule has 2 amide bonds. The average molecular weight is 382 g/mol. The van der Waals surface area contributed by atoms with Crippen LogP contribution in [0.25, 0.3) is 0 Å². The summed E-state index contributed by atoms with van der Waals surface area (Å²) in [6.07, 6.45) is 1.61. The number of nitrogens with zero attached hydrogens (tertiary/aromatic N) is 1. The first-order chi connectivity index (χ1) is 11.8. The fourth-order valence-electron chi connectivity index (χ4n) is 3.26. The third kappa shape index (κ3) is 5.21. The predicted molar refractivity (Wildman–Crippen MR) is 107 cm³/mol. The summed E-state index contributed by atoms with van der Waals surface area (Å²) in [7, 11) is 0. The fourth-order valence-corrected chi connectivity index (χ4v) is 3.26. The van der Waals surface area contributed by atoms with E-state index in [-0.39, 0.29) is 41.6 Å².